The van der Waals surface area contributed by atoms with Crippen molar-refractivity contribution in [3.8, 4) is 11.3 Å². The summed E-state index contributed by atoms with van der Waals surface area (Å²) >= 11 is 0. The minimum Gasteiger partial charge on any atom is -0.478 e. The molecule has 2 rings (SSSR count). The summed E-state index contributed by atoms with van der Waals surface area (Å²) in [6.07, 6.45) is 1.14. The van der Waals surface area contributed by atoms with Gasteiger partial charge in [-0.05, 0) is 35.6 Å². The van der Waals surface area contributed by atoms with Crippen LogP contribution in [0.15, 0.2) is 46.9 Å². The van der Waals surface area contributed by atoms with Gasteiger partial charge in [0.15, 0.2) is 0 Å². The normalized spacial score (nSPS) is 12.5. The average molecular weight is 284 g/mol. The van der Waals surface area contributed by atoms with E-state index >= 15 is 0 Å². The molecular weight excluding hydrogens is 264 g/mol. The van der Waals surface area contributed by atoms with E-state index in [1.807, 2.05) is 18.2 Å². The average Bonchev–Trinajstić information content (AvgIpc) is 2.86. The van der Waals surface area contributed by atoms with Crippen LogP contribution in [0.25, 0.3) is 16.9 Å². The Hall–Kier alpha value is -2.29. The molecule has 0 radical (unpaired) electrons. The molecule has 1 aromatic heterocycles. The van der Waals surface area contributed by atoms with E-state index in [4.69, 9.17) is 9.52 Å². The minimum absolute atomic E-state index is 0.119. The van der Waals surface area contributed by atoms with Crippen molar-refractivity contribution in [1.82, 2.24) is 0 Å². The number of furan rings is 1. The number of benzene rings is 1. The van der Waals surface area contributed by atoms with Crippen LogP contribution in [0.3, 0.4) is 0 Å². The molecule has 1 N–H and O–H groups in total. The van der Waals surface area contributed by atoms with Gasteiger partial charge < -0.3 is 9.52 Å². The Labute approximate surface area is 124 Å². The van der Waals surface area contributed by atoms with Gasteiger partial charge in [-0.15, -0.1) is 0 Å². The second-order valence-corrected chi connectivity index (χ2v) is 6.16. The lowest BCUT2D eigenvalue weighted by atomic mass is 9.86. The van der Waals surface area contributed by atoms with Crippen molar-refractivity contribution in [2.24, 2.45) is 0 Å². The highest BCUT2D eigenvalue weighted by molar-refractivity contribution is 5.88. The van der Waals surface area contributed by atoms with Gasteiger partial charge in [-0.3, -0.25) is 0 Å². The van der Waals surface area contributed by atoms with Crippen molar-refractivity contribution >= 4 is 11.5 Å². The number of carboxylic acid groups (broad SMARTS) is 1. The number of rotatable bonds is 3. The molecule has 1 heterocycles. The summed E-state index contributed by atoms with van der Waals surface area (Å²) in [6.45, 7) is 8.24. The van der Waals surface area contributed by atoms with Gasteiger partial charge in [0.05, 0.1) is 0 Å². The Kier molecular flexibility index (Phi) is 4.03. The van der Waals surface area contributed by atoms with E-state index in [9.17, 15) is 4.79 Å². The summed E-state index contributed by atoms with van der Waals surface area (Å²) in [5.41, 5.74) is 2.96. The Morgan fingerprint density at radius 2 is 1.71 bits per heavy atom. The van der Waals surface area contributed by atoms with Crippen molar-refractivity contribution in [2.45, 2.75) is 33.1 Å². The molecule has 110 valence electrons. The fourth-order valence-corrected chi connectivity index (χ4v) is 2.10. The lowest BCUT2D eigenvalue weighted by Crippen LogP contribution is -2.10. The molecule has 0 saturated heterocycles. The molecule has 3 heteroatoms. The van der Waals surface area contributed by atoms with Crippen molar-refractivity contribution < 1.29 is 14.3 Å². The van der Waals surface area contributed by atoms with Gasteiger partial charge in [-0.1, -0.05) is 45.0 Å². The first kappa shape index (κ1) is 15.1. The molecule has 0 spiro atoms. The quantitative estimate of drug-likeness (QED) is 0.829. The third-order valence-corrected chi connectivity index (χ3v) is 3.37. The molecule has 0 amide bonds. The fourth-order valence-electron chi connectivity index (χ4n) is 2.10. The third-order valence-electron chi connectivity index (χ3n) is 3.37. The fraction of sp³-hybridized carbons (Fsp3) is 0.278. The number of carbonyl (C=O) groups is 1. The molecule has 0 aliphatic carbocycles. The van der Waals surface area contributed by atoms with Gasteiger partial charge in [0, 0.05) is 11.6 Å². The van der Waals surface area contributed by atoms with Crippen LogP contribution < -0.4 is 0 Å². The number of aliphatic carboxylic acids is 1. The number of allylic oxidation sites excluding steroid dienone is 1. The highest BCUT2D eigenvalue weighted by Crippen LogP contribution is 2.28. The number of hydrogen-bond acceptors (Lipinski definition) is 2. The summed E-state index contributed by atoms with van der Waals surface area (Å²) in [4.78, 5) is 10.7. The number of carboxylic acids is 1. The zero-order valence-electron chi connectivity index (χ0n) is 12.8. The highest BCUT2D eigenvalue weighted by Gasteiger charge is 2.14. The maximum Gasteiger partial charge on any atom is 0.328 e. The summed E-state index contributed by atoms with van der Waals surface area (Å²) in [5, 5.41) is 8.76. The van der Waals surface area contributed by atoms with Gasteiger partial charge in [0.1, 0.15) is 11.5 Å². The molecule has 0 aliphatic heterocycles. The van der Waals surface area contributed by atoms with Crippen LogP contribution in [0.5, 0.6) is 0 Å². The third kappa shape index (κ3) is 3.63. The van der Waals surface area contributed by atoms with Crippen LogP contribution in [0.4, 0.5) is 0 Å². The molecule has 3 nitrogen and oxygen atoms in total. The van der Waals surface area contributed by atoms with E-state index in [-0.39, 0.29) is 5.41 Å². The van der Waals surface area contributed by atoms with Crippen LogP contribution in [0.1, 0.15) is 39.0 Å². The van der Waals surface area contributed by atoms with Crippen LogP contribution in [-0.4, -0.2) is 11.1 Å². The Bertz CT molecular complexity index is 667. The van der Waals surface area contributed by atoms with Crippen molar-refractivity contribution in [2.75, 3.05) is 0 Å². The first-order valence-corrected chi connectivity index (χ1v) is 6.90. The van der Waals surface area contributed by atoms with Crippen LogP contribution >= 0.6 is 0 Å². The first-order valence-electron chi connectivity index (χ1n) is 6.90. The van der Waals surface area contributed by atoms with Gasteiger partial charge >= 0.3 is 5.97 Å². The topological polar surface area (TPSA) is 50.4 Å². The first-order chi connectivity index (χ1) is 9.77. The molecule has 0 bridgehead atoms. The zero-order chi connectivity index (χ0) is 15.6. The lowest BCUT2D eigenvalue weighted by molar-refractivity contribution is -0.131. The second kappa shape index (κ2) is 5.60. The van der Waals surface area contributed by atoms with Crippen molar-refractivity contribution in [3.05, 3.63) is 53.8 Å². The summed E-state index contributed by atoms with van der Waals surface area (Å²) in [5.74, 6) is 0.343. The number of hydrogen-bond donors (Lipinski definition) is 1. The molecule has 0 unspecified atom stereocenters. The smallest absolute Gasteiger partial charge is 0.328 e. The summed E-state index contributed by atoms with van der Waals surface area (Å²) < 4.78 is 5.73. The predicted molar refractivity (Wildman–Crippen MR) is 84.1 cm³/mol. The van der Waals surface area contributed by atoms with E-state index in [1.54, 1.807) is 13.0 Å². The molecule has 0 fully saturated rings. The molecule has 0 saturated carbocycles. The zero-order valence-corrected chi connectivity index (χ0v) is 12.8. The maximum absolute atomic E-state index is 10.7. The molecular formula is C18H20O3. The molecule has 1 aromatic carbocycles. The van der Waals surface area contributed by atoms with Gasteiger partial charge in [0.2, 0.25) is 0 Å². The lowest BCUT2D eigenvalue weighted by Gasteiger charge is -2.18. The monoisotopic (exact) mass is 284 g/mol. The van der Waals surface area contributed by atoms with E-state index in [0.29, 0.717) is 11.3 Å². The van der Waals surface area contributed by atoms with Crippen molar-refractivity contribution in [1.29, 1.82) is 0 Å². The molecule has 0 aliphatic rings. The van der Waals surface area contributed by atoms with E-state index < -0.39 is 5.97 Å². The standard InChI is InChI=1S/C18H20O3/c1-12(11-17(19)20)15-9-10-16(21-15)13-5-7-14(8-6-13)18(2,3)4/h5-11H,1-4H3,(H,19,20)/b12-11+. The molecule has 21 heavy (non-hydrogen) atoms. The largest absolute Gasteiger partial charge is 0.478 e. The van der Waals surface area contributed by atoms with Crippen LogP contribution in [-0.2, 0) is 10.2 Å². The Balaban J connectivity index is 2.28. The van der Waals surface area contributed by atoms with E-state index in [0.717, 1.165) is 17.4 Å². The van der Waals surface area contributed by atoms with Gasteiger partial charge in [0.25, 0.3) is 0 Å². The van der Waals surface area contributed by atoms with E-state index in [2.05, 4.69) is 32.9 Å². The summed E-state index contributed by atoms with van der Waals surface area (Å²) in [6, 6.07) is 11.9. The maximum atomic E-state index is 10.7. The highest BCUT2D eigenvalue weighted by atomic mass is 16.4. The Morgan fingerprint density at radius 1 is 1.10 bits per heavy atom. The minimum atomic E-state index is -0.972. The SMILES string of the molecule is C/C(=C\C(=O)O)c1ccc(-c2ccc(C(C)(C)C)cc2)o1. The van der Waals surface area contributed by atoms with Gasteiger partial charge in [-0.2, -0.15) is 0 Å². The Morgan fingerprint density at radius 3 is 2.24 bits per heavy atom. The van der Waals surface area contributed by atoms with Crippen LogP contribution in [0, 0.1) is 0 Å². The van der Waals surface area contributed by atoms with E-state index in [1.165, 1.54) is 5.56 Å². The second-order valence-electron chi connectivity index (χ2n) is 6.16. The molecule has 2 aromatic rings. The summed E-state index contributed by atoms with van der Waals surface area (Å²) in [7, 11) is 0. The van der Waals surface area contributed by atoms with Crippen molar-refractivity contribution in [3.63, 3.8) is 0 Å². The molecule has 0 atom stereocenters. The predicted octanol–water partition coefficient (Wildman–Crippen LogP) is 4.73. The van der Waals surface area contributed by atoms with Crippen LogP contribution in [0.2, 0.25) is 0 Å². The van der Waals surface area contributed by atoms with Gasteiger partial charge in [-0.25, -0.2) is 4.79 Å².